The second-order valence-corrected chi connectivity index (χ2v) is 6.13. The van der Waals surface area contributed by atoms with E-state index < -0.39 is 0 Å². The van der Waals surface area contributed by atoms with Gasteiger partial charge in [0.05, 0.1) is 18.6 Å². The highest BCUT2D eigenvalue weighted by Crippen LogP contribution is 2.51. The molecule has 0 saturated heterocycles. The van der Waals surface area contributed by atoms with E-state index in [0.29, 0.717) is 6.42 Å². The van der Waals surface area contributed by atoms with Crippen molar-refractivity contribution in [1.29, 1.82) is 0 Å². The van der Waals surface area contributed by atoms with E-state index in [9.17, 15) is 4.79 Å². The van der Waals surface area contributed by atoms with Crippen molar-refractivity contribution in [1.82, 2.24) is 9.97 Å². The highest BCUT2D eigenvalue weighted by atomic mass is 32.2. The van der Waals surface area contributed by atoms with Gasteiger partial charge in [0.1, 0.15) is 6.33 Å². The second kappa shape index (κ2) is 6.37. The fraction of sp³-hybridized carbons (Fsp3) is 0.643. The summed E-state index contributed by atoms with van der Waals surface area (Å²) in [5.41, 5.74) is 1.24. The number of thioether (sulfide) groups is 1. The minimum Gasteiger partial charge on any atom is -0.469 e. The molecule has 1 aliphatic rings. The molecule has 1 fully saturated rings. The summed E-state index contributed by atoms with van der Waals surface area (Å²) in [4.78, 5) is 19.9. The van der Waals surface area contributed by atoms with Crippen LogP contribution in [0.25, 0.3) is 0 Å². The molecule has 0 aliphatic heterocycles. The first-order valence-corrected chi connectivity index (χ1v) is 7.66. The predicted molar refractivity (Wildman–Crippen MR) is 75.1 cm³/mol. The Morgan fingerprint density at radius 3 is 2.89 bits per heavy atom. The molecule has 0 radical (unpaired) electrons. The van der Waals surface area contributed by atoms with Crippen LogP contribution >= 0.6 is 11.8 Å². The topological polar surface area (TPSA) is 52.1 Å². The summed E-state index contributed by atoms with van der Waals surface area (Å²) in [7, 11) is 1.45. The largest absolute Gasteiger partial charge is 0.469 e. The van der Waals surface area contributed by atoms with Gasteiger partial charge in [0, 0.05) is 11.4 Å². The van der Waals surface area contributed by atoms with Crippen molar-refractivity contribution in [2.45, 2.75) is 44.1 Å². The first kappa shape index (κ1) is 14.3. The molecule has 4 nitrogen and oxygen atoms in total. The van der Waals surface area contributed by atoms with Crippen LogP contribution in [0.2, 0.25) is 0 Å². The zero-order valence-electron chi connectivity index (χ0n) is 11.5. The molecule has 0 aromatic carbocycles. The van der Waals surface area contributed by atoms with Crippen LogP contribution in [0.4, 0.5) is 0 Å². The Kier molecular flexibility index (Phi) is 4.80. The molecule has 104 valence electrons. The molecule has 0 N–H and O–H groups in total. The third-order valence-electron chi connectivity index (χ3n) is 3.44. The van der Waals surface area contributed by atoms with Crippen molar-refractivity contribution in [3.05, 3.63) is 18.1 Å². The van der Waals surface area contributed by atoms with Gasteiger partial charge < -0.3 is 4.74 Å². The highest BCUT2D eigenvalue weighted by Gasteiger charge is 2.44. The Morgan fingerprint density at radius 2 is 2.26 bits per heavy atom. The predicted octanol–water partition coefficient (Wildman–Crippen LogP) is 2.86. The van der Waals surface area contributed by atoms with Crippen molar-refractivity contribution >= 4 is 17.7 Å². The van der Waals surface area contributed by atoms with E-state index in [0.717, 1.165) is 42.2 Å². The summed E-state index contributed by atoms with van der Waals surface area (Å²) in [5, 5.41) is 1.01. The van der Waals surface area contributed by atoms with Crippen LogP contribution in [0.5, 0.6) is 0 Å². The molecule has 5 heteroatoms. The molecule has 1 aromatic heterocycles. The molecule has 1 saturated carbocycles. The van der Waals surface area contributed by atoms with E-state index in [-0.39, 0.29) is 11.4 Å². The maximum Gasteiger partial charge on any atom is 0.306 e. The van der Waals surface area contributed by atoms with Gasteiger partial charge in [-0.3, -0.25) is 4.79 Å². The lowest BCUT2D eigenvalue weighted by molar-refractivity contribution is -0.141. The number of nitrogens with zero attached hydrogens (tertiary/aromatic N) is 2. The van der Waals surface area contributed by atoms with Gasteiger partial charge in [0.25, 0.3) is 0 Å². The third kappa shape index (κ3) is 4.20. The summed E-state index contributed by atoms with van der Waals surface area (Å²) >= 11 is 1.72. The highest BCUT2D eigenvalue weighted by molar-refractivity contribution is 7.99. The number of aryl methyl sites for hydroxylation is 1. The van der Waals surface area contributed by atoms with Crippen molar-refractivity contribution in [2.75, 3.05) is 12.9 Å². The Bertz CT molecular complexity index is 447. The average molecular weight is 280 g/mol. The molecule has 2 rings (SSSR count). The van der Waals surface area contributed by atoms with Crippen LogP contribution in [0, 0.1) is 5.41 Å². The number of carbonyl (C=O) groups is 1. The zero-order valence-corrected chi connectivity index (χ0v) is 12.3. The molecular weight excluding hydrogens is 260 g/mol. The van der Waals surface area contributed by atoms with Crippen LogP contribution in [-0.2, 0) is 16.0 Å². The number of aromatic nitrogens is 2. The molecule has 0 bridgehead atoms. The Morgan fingerprint density at radius 1 is 1.47 bits per heavy atom. The summed E-state index contributed by atoms with van der Waals surface area (Å²) in [6.45, 7) is 2.14. The SMILES string of the molecule is CCCc1cc(SCC2(CC(=O)OC)CC2)ncn1. The normalized spacial score (nSPS) is 16.1. The van der Waals surface area contributed by atoms with E-state index >= 15 is 0 Å². The quantitative estimate of drug-likeness (QED) is 0.437. The van der Waals surface area contributed by atoms with Gasteiger partial charge in [-0.2, -0.15) is 0 Å². The van der Waals surface area contributed by atoms with E-state index in [4.69, 9.17) is 4.74 Å². The number of esters is 1. The fourth-order valence-electron chi connectivity index (χ4n) is 2.00. The lowest BCUT2D eigenvalue weighted by Crippen LogP contribution is -2.13. The molecule has 0 unspecified atom stereocenters. The smallest absolute Gasteiger partial charge is 0.306 e. The van der Waals surface area contributed by atoms with E-state index in [1.165, 1.54) is 7.11 Å². The van der Waals surface area contributed by atoms with Gasteiger partial charge >= 0.3 is 5.97 Å². The molecule has 1 aliphatic carbocycles. The van der Waals surface area contributed by atoms with Gasteiger partial charge in [0.2, 0.25) is 0 Å². The average Bonchev–Trinajstić information content (AvgIpc) is 3.17. The molecule has 0 atom stereocenters. The Balaban J connectivity index is 1.88. The maximum absolute atomic E-state index is 11.4. The van der Waals surface area contributed by atoms with Gasteiger partial charge in [-0.1, -0.05) is 13.3 Å². The van der Waals surface area contributed by atoms with E-state index in [1.54, 1.807) is 18.1 Å². The number of rotatable bonds is 7. The number of methoxy groups -OCH3 is 1. The molecule has 1 heterocycles. The molecule has 19 heavy (non-hydrogen) atoms. The lowest BCUT2D eigenvalue weighted by Gasteiger charge is -2.12. The molecule has 1 aromatic rings. The van der Waals surface area contributed by atoms with Crippen LogP contribution in [-0.4, -0.2) is 28.8 Å². The number of carbonyl (C=O) groups excluding carboxylic acids is 1. The van der Waals surface area contributed by atoms with Crippen molar-refractivity contribution in [2.24, 2.45) is 5.41 Å². The van der Waals surface area contributed by atoms with Crippen LogP contribution < -0.4 is 0 Å². The van der Waals surface area contributed by atoms with Crippen molar-refractivity contribution in [3.63, 3.8) is 0 Å². The van der Waals surface area contributed by atoms with E-state index in [1.807, 2.05) is 0 Å². The van der Waals surface area contributed by atoms with Gasteiger partial charge in [-0.05, 0) is 30.7 Å². The first-order chi connectivity index (χ1) is 9.17. The maximum atomic E-state index is 11.4. The fourth-order valence-corrected chi connectivity index (χ4v) is 3.19. The lowest BCUT2D eigenvalue weighted by atomic mass is 10.1. The van der Waals surface area contributed by atoms with Crippen LogP contribution in [0.3, 0.4) is 0 Å². The van der Waals surface area contributed by atoms with Gasteiger partial charge in [-0.25, -0.2) is 9.97 Å². The standard InChI is InChI=1S/C14H20N2O2S/c1-3-4-11-7-12(16-10-15-11)19-9-14(5-6-14)8-13(17)18-2/h7,10H,3-6,8-9H2,1-2H3. The van der Waals surface area contributed by atoms with Crippen LogP contribution in [0.15, 0.2) is 17.4 Å². The number of hydrogen-bond acceptors (Lipinski definition) is 5. The Hall–Kier alpha value is -1.10. The first-order valence-electron chi connectivity index (χ1n) is 6.68. The molecule has 0 amide bonds. The summed E-state index contributed by atoms with van der Waals surface area (Å²) < 4.78 is 4.76. The third-order valence-corrected chi connectivity index (χ3v) is 4.71. The van der Waals surface area contributed by atoms with Crippen molar-refractivity contribution in [3.8, 4) is 0 Å². The summed E-state index contributed by atoms with van der Waals surface area (Å²) in [6.07, 6.45) is 6.47. The van der Waals surface area contributed by atoms with Crippen molar-refractivity contribution < 1.29 is 9.53 Å². The van der Waals surface area contributed by atoms with Gasteiger partial charge in [0.15, 0.2) is 0 Å². The Labute approximate surface area is 118 Å². The second-order valence-electron chi connectivity index (χ2n) is 5.14. The monoisotopic (exact) mass is 280 g/mol. The van der Waals surface area contributed by atoms with Crippen LogP contribution in [0.1, 0.15) is 38.3 Å². The minimum atomic E-state index is -0.104. The number of ether oxygens (including phenoxy) is 1. The number of hydrogen-bond donors (Lipinski definition) is 0. The van der Waals surface area contributed by atoms with Gasteiger partial charge in [-0.15, -0.1) is 11.8 Å². The minimum absolute atomic E-state index is 0.104. The molecule has 0 spiro atoms. The summed E-state index contributed by atoms with van der Waals surface area (Å²) in [5.74, 6) is 0.831. The zero-order chi connectivity index (χ0) is 13.7. The van der Waals surface area contributed by atoms with E-state index in [2.05, 4.69) is 23.0 Å². The molecular formula is C14H20N2O2S. The summed E-state index contributed by atoms with van der Waals surface area (Å²) in [6, 6.07) is 2.06.